The molecule has 0 saturated carbocycles. The van der Waals surface area contributed by atoms with Crippen LogP contribution in [0.4, 0.5) is 0 Å². The maximum Gasteiger partial charge on any atom is 0.215 e. The molecule has 5 nitrogen and oxygen atoms in total. The normalized spacial score (nSPS) is 25.1. The summed E-state index contributed by atoms with van der Waals surface area (Å²) in [5.74, 6) is 0.107. The second kappa shape index (κ2) is 5.06. The number of hydrogen-bond acceptors (Lipinski definition) is 4. The zero-order valence-electron chi connectivity index (χ0n) is 8.44. The van der Waals surface area contributed by atoms with Crippen molar-refractivity contribution >= 4 is 10.0 Å². The number of hydrogen-bond donors (Lipinski definition) is 2. The van der Waals surface area contributed by atoms with Crippen LogP contribution in [0, 0.1) is 0 Å². The van der Waals surface area contributed by atoms with Crippen LogP contribution in [-0.2, 0) is 10.0 Å². The van der Waals surface area contributed by atoms with E-state index in [9.17, 15) is 13.5 Å². The molecule has 14 heavy (non-hydrogen) atoms. The van der Waals surface area contributed by atoms with Crippen molar-refractivity contribution in [1.82, 2.24) is 9.62 Å². The van der Waals surface area contributed by atoms with Crippen LogP contribution in [0.5, 0.6) is 0 Å². The topological polar surface area (TPSA) is 69.6 Å². The lowest BCUT2D eigenvalue weighted by Crippen LogP contribution is -2.44. The van der Waals surface area contributed by atoms with E-state index in [0.29, 0.717) is 19.5 Å². The molecular weight excluding hydrogens is 204 g/mol. The van der Waals surface area contributed by atoms with Crippen LogP contribution in [-0.4, -0.2) is 56.4 Å². The van der Waals surface area contributed by atoms with Gasteiger partial charge in [-0.25, -0.2) is 8.42 Å². The van der Waals surface area contributed by atoms with Gasteiger partial charge in [0.25, 0.3) is 0 Å². The Balaban J connectivity index is 2.53. The third-order valence-corrected chi connectivity index (χ3v) is 4.20. The molecule has 0 aromatic heterocycles. The van der Waals surface area contributed by atoms with Crippen LogP contribution in [0.1, 0.15) is 12.8 Å². The van der Waals surface area contributed by atoms with Gasteiger partial charge in [0.1, 0.15) is 0 Å². The van der Waals surface area contributed by atoms with Crippen molar-refractivity contribution in [2.24, 2.45) is 0 Å². The predicted octanol–water partition coefficient (Wildman–Crippen LogP) is -1.01. The predicted molar refractivity (Wildman–Crippen MR) is 54.5 cm³/mol. The Hall–Kier alpha value is -0.170. The summed E-state index contributed by atoms with van der Waals surface area (Å²) in [6.45, 7) is 1.25. The third kappa shape index (κ3) is 3.20. The highest BCUT2D eigenvalue weighted by Crippen LogP contribution is 2.13. The Labute approximate surface area is 85.2 Å². The lowest BCUT2D eigenvalue weighted by molar-refractivity contribution is 0.108. The van der Waals surface area contributed by atoms with Crippen LogP contribution in [0.25, 0.3) is 0 Å². The van der Waals surface area contributed by atoms with Gasteiger partial charge in [0, 0.05) is 19.6 Å². The molecule has 0 spiro atoms. The smallest absolute Gasteiger partial charge is 0.215 e. The Morgan fingerprint density at radius 3 is 2.86 bits per heavy atom. The second-order valence-corrected chi connectivity index (χ2v) is 5.66. The first-order valence-corrected chi connectivity index (χ1v) is 6.47. The molecule has 0 radical (unpaired) electrons. The SMILES string of the molecule is CNCCS(=O)(=O)N1CCCC(O)C1. The lowest BCUT2D eigenvalue weighted by Gasteiger charge is -2.29. The second-order valence-electron chi connectivity index (χ2n) is 3.57. The largest absolute Gasteiger partial charge is 0.392 e. The van der Waals surface area contributed by atoms with Gasteiger partial charge in [-0.15, -0.1) is 0 Å². The maximum absolute atomic E-state index is 11.7. The summed E-state index contributed by atoms with van der Waals surface area (Å²) in [5, 5.41) is 12.2. The quantitative estimate of drug-likeness (QED) is 0.639. The third-order valence-electron chi connectivity index (χ3n) is 2.36. The molecule has 1 fully saturated rings. The fraction of sp³-hybridized carbons (Fsp3) is 1.00. The Kier molecular flexibility index (Phi) is 4.31. The van der Waals surface area contributed by atoms with Gasteiger partial charge < -0.3 is 10.4 Å². The van der Waals surface area contributed by atoms with Crippen molar-refractivity contribution in [1.29, 1.82) is 0 Å². The van der Waals surface area contributed by atoms with Crippen molar-refractivity contribution in [3.8, 4) is 0 Å². The first-order valence-electron chi connectivity index (χ1n) is 4.87. The van der Waals surface area contributed by atoms with Gasteiger partial charge in [0.05, 0.1) is 11.9 Å². The highest BCUT2D eigenvalue weighted by Gasteiger charge is 2.27. The number of sulfonamides is 1. The van der Waals surface area contributed by atoms with Crippen LogP contribution < -0.4 is 5.32 Å². The van der Waals surface area contributed by atoms with E-state index in [1.807, 2.05) is 0 Å². The van der Waals surface area contributed by atoms with Crippen molar-refractivity contribution in [3.05, 3.63) is 0 Å². The van der Waals surface area contributed by atoms with E-state index in [2.05, 4.69) is 5.32 Å². The summed E-state index contributed by atoms with van der Waals surface area (Å²) < 4.78 is 24.7. The standard InChI is InChI=1S/C8H18N2O3S/c1-9-4-6-14(12,13)10-5-2-3-8(11)7-10/h8-9,11H,2-7H2,1H3. The molecule has 0 aliphatic carbocycles. The van der Waals surface area contributed by atoms with Gasteiger partial charge in [-0.2, -0.15) is 4.31 Å². The van der Waals surface area contributed by atoms with E-state index in [0.717, 1.165) is 6.42 Å². The van der Waals surface area contributed by atoms with Crippen molar-refractivity contribution in [2.45, 2.75) is 18.9 Å². The molecule has 1 heterocycles. The number of rotatable bonds is 4. The molecule has 0 aromatic rings. The molecule has 1 rings (SSSR count). The minimum absolute atomic E-state index is 0.107. The number of β-amino-alcohol motifs (C(OH)–C–C–N with tert-alkyl or cyclic N) is 1. The van der Waals surface area contributed by atoms with E-state index in [4.69, 9.17) is 0 Å². The highest BCUT2D eigenvalue weighted by atomic mass is 32.2. The fourth-order valence-electron chi connectivity index (χ4n) is 1.53. The van der Waals surface area contributed by atoms with E-state index < -0.39 is 16.1 Å². The molecular formula is C8H18N2O3S. The van der Waals surface area contributed by atoms with Crippen LogP contribution in [0.15, 0.2) is 0 Å². The minimum atomic E-state index is -3.17. The molecule has 2 N–H and O–H groups in total. The summed E-state index contributed by atoms with van der Waals surface area (Å²) in [7, 11) is -1.44. The Morgan fingerprint density at radius 2 is 2.29 bits per heavy atom. The first kappa shape index (κ1) is 11.9. The number of nitrogens with one attached hydrogen (secondary N) is 1. The molecule has 1 saturated heterocycles. The molecule has 1 atom stereocenters. The summed E-state index contributed by atoms with van der Waals surface area (Å²) >= 11 is 0. The van der Waals surface area contributed by atoms with Gasteiger partial charge in [-0.1, -0.05) is 0 Å². The summed E-state index contributed by atoms with van der Waals surface area (Å²) in [4.78, 5) is 0. The molecule has 1 aliphatic rings. The maximum atomic E-state index is 11.7. The Bertz CT molecular complexity index is 266. The lowest BCUT2D eigenvalue weighted by atomic mass is 10.1. The van der Waals surface area contributed by atoms with Crippen molar-refractivity contribution in [3.63, 3.8) is 0 Å². The van der Waals surface area contributed by atoms with Crippen LogP contribution in [0.2, 0.25) is 0 Å². The van der Waals surface area contributed by atoms with E-state index in [-0.39, 0.29) is 12.3 Å². The number of aliphatic hydroxyl groups is 1. The molecule has 1 unspecified atom stereocenters. The van der Waals surface area contributed by atoms with Gasteiger partial charge >= 0.3 is 0 Å². The minimum Gasteiger partial charge on any atom is -0.392 e. The average molecular weight is 222 g/mol. The molecule has 0 bridgehead atoms. The summed E-state index contributed by atoms with van der Waals surface area (Å²) in [5.41, 5.74) is 0. The van der Waals surface area contributed by atoms with Gasteiger partial charge in [0.2, 0.25) is 10.0 Å². The summed E-state index contributed by atoms with van der Waals surface area (Å²) in [6.07, 6.45) is 0.964. The molecule has 0 aromatic carbocycles. The van der Waals surface area contributed by atoms with Crippen LogP contribution in [0.3, 0.4) is 0 Å². The van der Waals surface area contributed by atoms with E-state index in [1.165, 1.54) is 4.31 Å². The first-order chi connectivity index (χ1) is 6.56. The van der Waals surface area contributed by atoms with Crippen molar-refractivity contribution in [2.75, 3.05) is 32.4 Å². The summed E-state index contributed by atoms with van der Waals surface area (Å²) in [6, 6.07) is 0. The Morgan fingerprint density at radius 1 is 1.57 bits per heavy atom. The molecule has 0 amide bonds. The fourth-order valence-corrected chi connectivity index (χ4v) is 3.06. The zero-order valence-corrected chi connectivity index (χ0v) is 9.26. The molecule has 1 aliphatic heterocycles. The molecule has 6 heteroatoms. The van der Waals surface area contributed by atoms with E-state index >= 15 is 0 Å². The van der Waals surface area contributed by atoms with Gasteiger partial charge in [0.15, 0.2) is 0 Å². The number of aliphatic hydroxyl groups excluding tert-OH is 1. The van der Waals surface area contributed by atoms with Gasteiger partial charge in [-0.3, -0.25) is 0 Å². The van der Waals surface area contributed by atoms with Crippen molar-refractivity contribution < 1.29 is 13.5 Å². The molecule has 84 valence electrons. The average Bonchev–Trinajstić information content (AvgIpc) is 2.15. The number of nitrogens with zero attached hydrogens (tertiary/aromatic N) is 1. The van der Waals surface area contributed by atoms with Gasteiger partial charge in [-0.05, 0) is 19.9 Å². The number of piperidine rings is 1. The monoisotopic (exact) mass is 222 g/mol. The van der Waals surface area contributed by atoms with E-state index in [1.54, 1.807) is 7.05 Å². The zero-order chi connectivity index (χ0) is 10.6. The van der Waals surface area contributed by atoms with Crippen LogP contribution >= 0.6 is 0 Å². The highest BCUT2D eigenvalue weighted by molar-refractivity contribution is 7.89.